The van der Waals surface area contributed by atoms with Crippen LogP contribution in [0, 0.1) is 0 Å². The Morgan fingerprint density at radius 1 is 1.00 bits per heavy atom. The maximum Gasteiger partial charge on any atom is 0.303 e. The molecule has 2 aliphatic heterocycles. The van der Waals surface area contributed by atoms with Gasteiger partial charge in [-0.15, -0.1) is 0 Å². The molecule has 29 heavy (non-hydrogen) atoms. The molecule has 0 unspecified atom stereocenters. The van der Waals surface area contributed by atoms with Crippen LogP contribution in [-0.4, -0.2) is 93.4 Å². The molecule has 0 spiro atoms. The lowest BCUT2D eigenvalue weighted by atomic mass is 9.91. The number of aliphatic hydroxyl groups is 1. The molecule has 2 rings (SSSR count). The van der Waals surface area contributed by atoms with Crippen LogP contribution >= 0.6 is 0 Å². The number of esters is 2. The summed E-state index contributed by atoms with van der Waals surface area (Å²) in [5.41, 5.74) is 0. The second-order valence-electron chi connectivity index (χ2n) is 7.11. The van der Waals surface area contributed by atoms with Gasteiger partial charge in [-0.05, 0) is 13.8 Å². The Morgan fingerprint density at radius 3 is 2.00 bits per heavy atom. The largest absolute Gasteiger partial charge is 0.462 e. The fourth-order valence-corrected chi connectivity index (χ4v) is 3.42. The number of methoxy groups -OCH3 is 3. The lowest BCUT2D eigenvalue weighted by Crippen LogP contribution is -2.74. The van der Waals surface area contributed by atoms with Gasteiger partial charge in [0, 0.05) is 35.2 Å². The van der Waals surface area contributed by atoms with E-state index in [9.17, 15) is 14.7 Å². The van der Waals surface area contributed by atoms with Crippen molar-refractivity contribution in [3.63, 3.8) is 0 Å². The van der Waals surface area contributed by atoms with E-state index in [1.165, 1.54) is 35.2 Å². The van der Waals surface area contributed by atoms with Crippen molar-refractivity contribution in [2.45, 2.75) is 76.1 Å². The second-order valence-corrected chi connectivity index (χ2v) is 7.11. The fraction of sp³-hybridized carbons (Fsp3) is 0.889. The van der Waals surface area contributed by atoms with E-state index in [1.807, 2.05) is 0 Å². The maximum atomic E-state index is 11.6. The smallest absolute Gasteiger partial charge is 0.303 e. The number of carbonyl (C=O) groups is 2. The molecule has 0 saturated carbocycles. The summed E-state index contributed by atoms with van der Waals surface area (Å²) in [6.07, 6.45) is -6.37. The van der Waals surface area contributed by atoms with Crippen LogP contribution in [0.1, 0.15) is 27.7 Å². The molecule has 0 amide bonds. The van der Waals surface area contributed by atoms with Crippen molar-refractivity contribution in [3.8, 4) is 0 Å². The predicted molar refractivity (Wildman–Crippen MR) is 94.4 cm³/mol. The summed E-state index contributed by atoms with van der Waals surface area (Å²) in [4.78, 5) is 22.9. The van der Waals surface area contributed by atoms with Crippen molar-refractivity contribution in [3.05, 3.63) is 0 Å². The normalized spacial score (nSPS) is 40.6. The first kappa shape index (κ1) is 23.9. The summed E-state index contributed by atoms with van der Waals surface area (Å²) in [6, 6.07) is 0. The van der Waals surface area contributed by atoms with Crippen LogP contribution in [-0.2, 0) is 47.5 Å². The van der Waals surface area contributed by atoms with Gasteiger partial charge < -0.3 is 43.0 Å². The van der Waals surface area contributed by atoms with Gasteiger partial charge in [-0.1, -0.05) is 0 Å². The Morgan fingerprint density at radius 2 is 1.55 bits per heavy atom. The van der Waals surface area contributed by atoms with Crippen molar-refractivity contribution in [1.29, 1.82) is 0 Å². The highest BCUT2D eigenvalue weighted by Crippen LogP contribution is 2.44. The van der Waals surface area contributed by atoms with Gasteiger partial charge in [0.2, 0.25) is 11.6 Å². The molecule has 2 aliphatic rings. The molecule has 2 saturated heterocycles. The molecular weight excluding hydrogens is 392 g/mol. The summed E-state index contributed by atoms with van der Waals surface area (Å²) in [5, 5.41) is 10.7. The van der Waals surface area contributed by atoms with Crippen molar-refractivity contribution in [2.75, 3.05) is 27.9 Å². The van der Waals surface area contributed by atoms with Crippen molar-refractivity contribution < 1.29 is 52.6 Å². The van der Waals surface area contributed by atoms with E-state index in [4.69, 9.17) is 37.9 Å². The summed E-state index contributed by atoms with van der Waals surface area (Å²) in [6.45, 7) is 5.36. The Balaban J connectivity index is 2.42. The van der Waals surface area contributed by atoms with Crippen LogP contribution in [0.15, 0.2) is 0 Å². The zero-order valence-electron chi connectivity index (χ0n) is 17.7. The summed E-state index contributed by atoms with van der Waals surface area (Å²) >= 11 is 0. The summed E-state index contributed by atoms with van der Waals surface area (Å²) in [5.74, 6) is -3.95. The zero-order chi connectivity index (χ0) is 22.0. The van der Waals surface area contributed by atoms with Gasteiger partial charge in [-0.3, -0.25) is 9.59 Å². The molecule has 0 aromatic heterocycles. The van der Waals surface area contributed by atoms with Crippen LogP contribution in [0.5, 0.6) is 0 Å². The third kappa shape index (κ3) is 4.71. The van der Waals surface area contributed by atoms with Crippen LogP contribution in [0.4, 0.5) is 0 Å². The van der Waals surface area contributed by atoms with E-state index >= 15 is 0 Å². The molecule has 11 heteroatoms. The molecule has 0 aromatic rings. The first-order valence-electron chi connectivity index (χ1n) is 9.14. The van der Waals surface area contributed by atoms with Crippen molar-refractivity contribution >= 4 is 11.9 Å². The van der Waals surface area contributed by atoms with Gasteiger partial charge in [0.25, 0.3) is 0 Å². The minimum absolute atomic E-state index is 0.288. The maximum absolute atomic E-state index is 11.6. The summed E-state index contributed by atoms with van der Waals surface area (Å²) < 4.78 is 44.5. The van der Waals surface area contributed by atoms with E-state index < -0.39 is 60.3 Å². The first-order valence-corrected chi connectivity index (χ1v) is 9.14. The number of aliphatic hydroxyl groups excluding tert-OH is 1. The second kappa shape index (κ2) is 9.21. The average molecular weight is 422 g/mol. The number of hydrogen-bond acceptors (Lipinski definition) is 11. The van der Waals surface area contributed by atoms with Gasteiger partial charge in [-0.25, -0.2) is 0 Å². The zero-order valence-corrected chi connectivity index (χ0v) is 17.7. The molecule has 2 fully saturated rings. The third-order valence-electron chi connectivity index (χ3n) is 5.25. The highest BCUT2D eigenvalue weighted by Gasteiger charge is 2.63. The lowest BCUT2D eigenvalue weighted by molar-refractivity contribution is -0.481. The Hall–Kier alpha value is -1.34. The van der Waals surface area contributed by atoms with E-state index in [-0.39, 0.29) is 6.61 Å². The molecular formula is C18H30O11. The first-order chi connectivity index (χ1) is 13.5. The molecule has 0 radical (unpaired) electrons. The monoisotopic (exact) mass is 422 g/mol. The minimum Gasteiger partial charge on any atom is -0.462 e. The molecule has 0 bridgehead atoms. The molecule has 168 valence electrons. The van der Waals surface area contributed by atoms with E-state index in [0.717, 1.165) is 0 Å². The fourth-order valence-electron chi connectivity index (χ4n) is 3.42. The third-order valence-corrected chi connectivity index (χ3v) is 5.25. The molecule has 1 N–H and O–H groups in total. The summed E-state index contributed by atoms with van der Waals surface area (Å²) in [7, 11) is 4.17. The number of fused-ring (bicyclic) bond motifs is 1. The molecule has 0 aliphatic carbocycles. The highest BCUT2D eigenvalue weighted by molar-refractivity contribution is 5.67. The van der Waals surface area contributed by atoms with Crippen LogP contribution in [0.3, 0.4) is 0 Å². The number of ether oxygens (including phenoxy) is 8. The number of rotatable bonds is 7. The topological polar surface area (TPSA) is 128 Å². The van der Waals surface area contributed by atoms with Crippen LogP contribution < -0.4 is 0 Å². The molecule has 2 heterocycles. The van der Waals surface area contributed by atoms with Crippen LogP contribution in [0.2, 0.25) is 0 Å². The average Bonchev–Trinajstić information content (AvgIpc) is 2.67. The Labute approximate surface area is 169 Å². The van der Waals surface area contributed by atoms with Crippen molar-refractivity contribution in [1.82, 2.24) is 0 Å². The van der Waals surface area contributed by atoms with Crippen molar-refractivity contribution in [2.24, 2.45) is 0 Å². The predicted octanol–water partition coefficient (Wildman–Crippen LogP) is -0.277. The van der Waals surface area contributed by atoms with E-state index in [2.05, 4.69) is 0 Å². The Bertz CT molecular complexity index is 598. The quantitative estimate of drug-likeness (QED) is 0.544. The standard InChI is InChI=1S/C18H30O11/c1-9(19)25-8-11(26-10(2)20)13-15-14(12(21)16(22-5)27-13)28-17(3,23-6)18(4,24-7)29-15/h11-16,21H,8H2,1-7H3/t11-,12-,13+,14+,15+,16-,17-,18-/m0/s1. The van der Waals surface area contributed by atoms with Gasteiger partial charge >= 0.3 is 11.9 Å². The van der Waals surface area contributed by atoms with Gasteiger partial charge in [0.1, 0.15) is 31.0 Å². The van der Waals surface area contributed by atoms with Gasteiger partial charge in [0.15, 0.2) is 12.4 Å². The van der Waals surface area contributed by atoms with Gasteiger partial charge in [-0.2, -0.15) is 0 Å². The lowest BCUT2D eigenvalue weighted by Gasteiger charge is -2.57. The molecule has 11 nitrogen and oxygen atoms in total. The molecule has 0 aromatic carbocycles. The number of carbonyl (C=O) groups excluding carboxylic acids is 2. The SMILES string of the molecule is CO[C@H]1O[C@H]([C@H](COC(C)=O)OC(C)=O)[C@H]2O[C@](C)(OC)[C@@](C)(OC)O[C@@H]2[C@@H]1O. The van der Waals surface area contributed by atoms with Gasteiger partial charge in [0.05, 0.1) is 0 Å². The number of hydrogen-bond donors (Lipinski definition) is 1. The van der Waals surface area contributed by atoms with Crippen LogP contribution in [0.25, 0.3) is 0 Å². The van der Waals surface area contributed by atoms with E-state index in [1.54, 1.807) is 13.8 Å². The highest BCUT2D eigenvalue weighted by atomic mass is 16.8. The minimum atomic E-state index is -1.40. The molecule has 8 atom stereocenters. The Kier molecular flexibility index (Phi) is 7.60. The van der Waals surface area contributed by atoms with E-state index in [0.29, 0.717) is 0 Å².